The van der Waals surface area contributed by atoms with E-state index in [1.807, 2.05) is 37.3 Å². The zero-order valence-corrected chi connectivity index (χ0v) is 19.2. The maximum Gasteiger partial charge on any atom is 0.287 e. The molecule has 0 aliphatic heterocycles. The summed E-state index contributed by atoms with van der Waals surface area (Å²) in [6, 6.07) is 14.4. The van der Waals surface area contributed by atoms with Crippen LogP contribution in [0.1, 0.15) is 54.8 Å². The van der Waals surface area contributed by atoms with Crippen LogP contribution < -0.4 is 5.32 Å². The van der Waals surface area contributed by atoms with Crippen molar-refractivity contribution < 1.29 is 17.6 Å². The Balaban J connectivity index is 1.84. The topological polar surface area (TPSA) is 79.6 Å². The van der Waals surface area contributed by atoms with Crippen LogP contribution >= 0.6 is 0 Å². The fourth-order valence-corrected chi connectivity index (χ4v) is 5.09. The average Bonchev–Trinajstić information content (AvgIpc) is 3.11. The molecule has 0 fully saturated rings. The highest BCUT2D eigenvalue weighted by Gasteiger charge is 2.25. The normalized spacial score (nSPS) is 11.9. The van der Waals surface area contributed by atoms with E-state index >= 15 is 0 Å². The summed E-state index contributed by atoms with van der Waals surface area (Å²) in [5.74, 6) is -0.118. The van der Waals surface area contributed by atoms with Crippen LogP contribution in [-0.2, 0) is 16.6 Å². The van der Waals surface area contributed by atoms with E-state index in [1.54, 1.807) is 25.1 Å². The van der Waals surface area contributed by atoms with Crippen LogP contribution in [0.25, 0.3) is 11.0 Å². The molecule has 0 spiro atoms. The van der Waals surface area contributed by atoms with E-state index in [0.29, 0.717) is 36.2 Å². The summed E-state index contributed by atoms with van der Waals surface area (Å²) in [5.41, 5.74) is 2.11. The zero-order chi connectivity index (χ0) is 22.4. The largest absolute Gasteiger partial charge is 0.451 e. The molecule has 1 aromatic heterocycles. The number of carbonyl (C=O) groups is 1. The zero-order valence-electron chi connectivity index (χ0n) is 18.3. The van der Waals surface area contributed by atoms with Crippen molar-refractivity contribution in [3.8, 4) is 0 Å². The molecular formula is C24H30N2O4S. The number of amides is 1. The summed E-state index contributed by atoms with van der Waals surface area (Å²) in [6.45, 7) is 7.02. The number of hydrogen-bond acceptors (Lipinski definition) is 4. The molecular weight excluding hydrogens is 412 g/mol. The van der Waals surface area contributed by atoms with Gasteiger partial charge >= 0.3 is 0 Å². The molecule has 0 aliphatic carbocycles. The number of nitrogens with zero attached hydrogens (tertiary/aromatic N) is 1. The first-order chi connectivity index (χ1) is 14.9. The quantitative estimate of drug-likeness (QED) is 0.454. The van der Waals surface area contributed by atoms with Gasteiger partial charge in [0.15, 0.2) is 5.76 Å². The SMILES string of the molecule is CCCCCN(CC)S(=O)(=O)c1ccc2oc(C(=O)NCc3ccccc3)c(C)c2c1. The van der Waals surface area contributed by atoms with E-state index < -0.39 is 10.0 Å². The molecule has 0 saturated heterocycles. The van der Waals surface area contributed by atoms with E-state index in [-0.39, 0.29) is 16.6 Å². The van der Waals surface area contributed by atoms with E-state index in [1.165, 1.54) is 4.31 Å². The minimum absolute atomic E-state index is 0.204. The van der Waals surface area contributed by atoms with E-state index in [9.17, 15) is 13.2 Å². The Morgan fingerprint density at radius 3 is 2.48 bits per heavy atom. The lowest BCUT2D eigenvalue weighted by molar-refractivity contribution is 0.0924. The van der Waals surface area contributed by atoms with Crippen LogP contribution in [0.2, 0.25) is 0 Å². The number of aryl methyl sites for hydroxylation is 1. The first-order valence-corrected chi connectivity index (χ1v) is 12.2. The van der Waals surface area contributed by atoms with Gasteiger partial charge in [0.05, 0.1) is 4.90 Å². The number of rotatable bonds is 10. The van der Waals surface area contributed by atoms with E-state index in [2.05, 4.69) is 12.2 Å². The maximum atomic E-state index is 13.1. The molecule has 0 atom stereocenters. The van der Waals surface area contributed by atoms with Gasteiger partial charge in [-0.05, 0) is 37.1 Å². The summed E-state index contributed by atoms with van der Waals surface area (Å²) in [5, 5.41) is 3.49. The Morgan fingerprint density at radius 2 is 1.81 bits per heavy atom. The number of sulfonamides is 1. The molecule has 31 heavy (non-hydrogen) atoms. The first-order valence-electron chi connectivity index (χ1n) is 10.7. The molecule has 1 N–H and O–H groups in total. The second-order valence-electron chi connectivity index (χ2n) is 7.59. The highest BCUT2D eigenvalue weighted by molar-refractivity contribution is 7.89. The summed E-state index contributed by atoms with van der Waals surface area (Å²) < 4.78 is 33.5. The summed E-state index contributed by atoms with van der Waals surface area (Å²) in [6.07, 6.45) is 2.86. The highest BCUT2D eigenvalue weighted by atomic mass is 32.2. The summed E-state index contributed by atoms with van der Waals surface area (Å²) >= 11 is 0. The predicted molar refractivity (Wildman–Crippen MR) is 123 cm³/mol. The molecule has 3 rings (SSSR count). The van der Waals surface area contributed by atoms with Crippen LogP contribution in [0.3, 0.4) is 0 Å². The monoisotopic (exact) mass is 442 g/mol. The molecule has 6 nitrogen and oxygen atoms in total. The standard InChI is InChI=1S/C24H30N2O4S/c1-4-6-10-15-26(5-2)31(28,29)20-13-14-22-21(16-20)18(3)23(30-22)24(27)25-17-19-11-8-7-9-12-19/h7-9,11-14,16H,4-6,10,15,17H2,1-3H3,(H,25,27). The van der Waals surface area contributed by atoms with Crippen LogP contribution in [0.4, 0.5) is 0 Å². The van der Waals surface area contributed by atoms with E-state index in [4.69, 9.17) is 4.42 Å². The second kappa shape index (κ2) is 10.1. The smallest absolute Gasteiger partial charge is 0.287 e. The second-order valence-corrected chi connectivity index (χ2v) is 9.52. The molecule has 1 heterocycles. The van der Waals surface area contributed by atoms with Gasteiger partial charge in [-0.2, -0.15) is 4.31 Å². The molecule has 3 aromatic rings. The molecule has 0 unspecified atom stereocenters. The van der Waals surface area contributed by atoms with Crippen LogP contribution in [-0.4, -0.2) is 31.7 Å². The van der Waals surface area contributed by atoms with Crippen molar-refractivity contribution in [3.63, 3.8) is 0 Å². The highest BCUT2D eigenvalue weighted by Crippen LogP contribution is 2.29. The average molecular weight is 443 g/mol. The van der Waals surface area contributed by atoms with Crippen molar-refractivity contribution in [2.24, 2.45) is 0 Å². The number of benzene rings is 2. The number of carbonyl (C=O) groups excluding carboxylic acids is 1. The van der Waals surface area contributed by atoms with Gasteiger partial charge in [0.1, 0.15) is 5.58 Å². The molecule has 2 aromatic carbocycles. The minimum Gasteiger partial charge on any atom is -0.451 e. The fourth-order valence-electron chi connectivity index (χ4n) is 3.57. The molecule has 166 valence electrons. The van der Waals surface area contributed by atoms with Crippen LogP contribution in [0.5, 0.6) is 0 Å². The maximum absolute atomic E-state index is 13.1. The lowest BCUT2D eigenvalue weighted by Crippen LogP contribution is -2.31. The Hall–Kier alpha value is -2.64. The summed E-state index contributed by atoms with van der Waals surface area (Å²) in [4.78, 5) is 12.9. The molecule has 0 aliphatic rings. The van der Waals surface area contributed by atoms with Gasteiger partial charge in [0.2, 0.25) is 10.0 Å². The third kappa shape index (κ3) is 5.17. The van der Waals surface area contributed by atoms with Gasteiger partial charge in [-0.25, -0.2) is 8.42 Å². The Labute approximate surface area is 184 Å². The fraction of sp³-hybridized carbons (Fsp3) is 0.375. The molecule has 0 saturated carbocycles. The first kappa shape index (κ1) is 23.0. The lowest BCUT2D eigenvalue weighted by atomic mass is 10.1. The van der Waals surface area contributed by atoms with Gasteiger partial charge < -0.3 is 9.73 Å². The van der Waals surface area contributed by atoms with Crippen LogP contribution in [0.15, 0.2) is 57.8 Å². The molecule has 7 heteroatoms. The minimum atomic E-state index is -3.61. The van der Waals surface area contributed by atoms with Crippen LogP contribution in [0, 0.1) is 6.92 Å². The lowest BCUT2D eigenvalue weighted by Gasteiger charge is -2.20. The van der Waals surface area contributed by atoms with Crippen molar-refractivity contribution in [1.29, 1.82) is 0 Å². The van der Waals surface area contributed by atoms with Crippen molar-refractivity contribution in [2.45, 2.75) is 51.5 Å². The third-order valence-corrected chi connectivity index (χ3v) is 7.38. The van der Waals surface area contributed by atoms with Gasteiger partial charge in [0, 0.05) is 30.6 Å². The van der Waals surface area contributed by atoms with Crippen molar-refractivity contribution >= 4 is 26.9 Å². The summed E-state index contributed by atoms with van der Waals surface area (Å²) in [7, 11) is -3.61. The number of nitrogens with one attached hydrogen (secondary N) is 1. The van der Waals surface area contributed by atoms with Crippen molar-refractivity contribution in [1.82, 2.24) is 9.62 Å². The number of fused-ring (bicyclic) bond motifs is 1. The van der Waals surface area contributed by atoms with Gasteiger partial charge in [-0.3, -0.25) is 4.79 Å². The van der Waals surface area contributed by atoms with Gasteiger partial charge in [0.25, 0.3) is 5.91 Å². The Morgan fingerprint density at radius 1 is 1.06 bits per heavy atom. The molecule has 0 radical (unpaired) electrons. The Kier molecular flexibility index (Phi) is 7.51. The predicted octanol–water partition coefficient (Wildman–Crippen LogP) is 4.87. The van der Waals surface area contributed by atoms with Gasteiger partial charge in [-0.15, -0.1) is 0 Å². The Bertz CT molecular complexity index is 1140. The number of unbranched alkanes of at least 4 members (excludes halogenated alkanes) is 2. The number of hydrogen-bond donors (Lipinski definition) is 1. The van der Waals surface area contributed by atoms with Gasteiger partial charge in [-0.1, -0.05) is 57.0 Å². The van der Waals surface area contributed by atoms with Crippen molar-refractivity contribution in [2.75, 3.05) is 13.1 Å². The molecule has 0 bridgehead atoms. The van der Waals surface area contributed by atoms with Crippen molar-refractivity contribution in [3.05, 3.63) is 65.4 Å². The number of furan rings is 1. The van der Waals surface area contributed by atoms with E-state index in [0.717, 1.165) is 24.8 Å². The molecule has 1 amide bonds. The third-order valence-electron chi connectivity index (χ3n) is 5.41.